The van der Waals surface area contributed by atoms with Crippen LogP contribution in [0, 0.1) is 5.92 Å². The van der Waals surface area contributed by atoms with Crippen molar-refractivity contribution in [1.82, 2.24) is 0 Å². The Balaban J connectivity index is 1.96. The Hall–Kier alpha value is 0.310. The van der Waals surface area contributed by atoms with Crippen molar-refractivity contribution in [1.29, 1.82) is 0 Å². The van der Waals surface area contributed by atoms with Gasteiger partial charge in [0.25, 0.3) is 0 Å². The Bertz CT molecular complexity index is 125. The predicted molar refractivity (Wildman–Crippen MR) is 46.2 cm³/mol. The van der Waals surface area contributed by atoms with E-state index in [1.54, 1.807) is 0 Å². The van der Waals surface area contributed by atoms with Crippen LogP contribution in [-0.2, 0) is 0 Å². The van der Waals surface area contributed by atoms with E-state index >= 15 is 0 Å². The smallest absolute Gasteiger partial charge is 0.0191 e. The SMILES string of the molecule is NC1(C2CCSC2)CCC1. The Morgan fingerprint density at radius 3 is 2.60 bits per heavy atom. The fourth-order valence-corrected chi connectivity index (χ4v) is 3.38. The highest BCUT2D eigenvalue weighted by atomic mass is 32.2. The van der Waals surface area contributed by atoms with Gasteiger partial charge in [0.1, 0.15) is 0 Å². The largest absolute Gasteiger partial charge is 0.325 e. The molecule has 1 aliphatic heterocycles. The quantitative estimate of drug-likeness (QED) is 0.626. The summed E-state index contributed by atoms with van der Waals surface area (Å²) in [5.74, 6) is 3.53. The van der Waals surface area contributed by atoms with Crippen LogP contribution in [-0.4, -0.2) is 17.0 Å². The molecule has 1 aliphatic carbocycles. The molecule has 2 rings (SSSR count). The van der Waals surface area contributed by atoms with E-state index in [1.807, 2.05) is 0 Å². The number of rotatable bonds is 1. The molecule has 0 bridgehead atoms. The third-order valence-electron chi connectivity index (χ3n) is 3.03. The minimum Gasteiger partial charge on any atom is -0.325 e. The fourth-order valence-electron chi connectivity index (χ4n) is 1.98. The Morgan fingerprint density at radius 2 is 2.20 bits per heavy atom. The van der Waals surface area contributed by atoms with Crippen molar-refractivity contribution < 1.29 is 0 Å². The molecule has 1 saturated carbocycles. The molecule has 1 saturated heterocycles. The molecular formula is C8H15NS. The van der Waals surface area contributed by atoms with Crippen LogP contribution in [0.1, 0.15) is 25.7 Å². The van der Waals surface area contributed by atoms with E-state index in [1.165, 1.54) is 37.2 Å². The molecule has 0 aromatic carbocycles. The molecule has 2 N–H and O–H groups in total. The molecule has 0 amide bonds. The van der Waals surface area contributed by atoms with E-state index in [-0.39, 0.29) is 5.54 Å². The van der Waals surface area contributed by atoms with Crippen LogP contribution in [0.2, 0.25) is 0 Å². The van der Waals surface area contributed by atoms with Gasteiger partial charge >= 0.3 is 0 Å². The van der Waals surface area contributed by atoms with Crippen LogP contribution in [0.3, 0.4) is 0 Å². The van der Waals surface area contributed by atoms with E-state index < -0.39 is 0 Å². The van der Waals surface area contributed by atoms with Crippen LogP contribution in [0.5, 0.6) is 0 Å². The van der Waals surface area contributed by atoms with E-state index in [9.17, 15) is 0 Å². The van der Waals surface area contributed by atoms with Crippen molar-refractivity contribution in [3.63, 3.8) is 0 Å². The maximum Gasteiger partial charge on any atom is 0.0191 e. The first-order valence-electron chi connectivity index (χ1n) is 4.18. The zero-order valence-corrected chi connectivity index (χ0v) is 7.12. The van der Waals surface area contributed by atoms with E-state index in [0.717, 1.165) is 5.92 Å². The molecule has 0 aromatic rings. The van der Waals surface area contributed by atoms with Crippen molar-refractivity contribution in [2.45, 2.75) is 31.2 Å². The molecule has 2 fully saturated rings. The Labute approximate surface area is 66.7 Å². The van der Waals surface area contributed by atoms with Gasteiger partial charge < -0.3 is 5.73 Å². The molecule has 0 radical (unpaired) electrons. The zero-order valence-electron chi connectivity index (χ0n) is 6.31. The lowest BCUT2D eigenvalue weighted by Crippen LogP contribution is -2.52. The molecule has 1 atom stereocenters. The second-order valence-electron chi connectivity index (χ2n) is 3.65. The summed E-state index contributed by atoms with van der Waals surface area (Å²) in [6.45, 7) is 0. The summed E-state index contributed by atoms with van der Waals surface area (Å²) < 4.78 is 0. The summed E-state index contributed by atoms with van der Waals surface area (Å²) in [4.78, 5) is 0. The highest BCUT2D eigenvalue weighted by Gasteiger charge is 2.41. The van der Waals surface area contributed by atoms with E-state index in [0.29, 0.717) is 0 Å². The van der Waals surface area contributed by atoms with Gasteiger partial charge in [-0.25, -0.2) is 0 Å². The molecule has 1 unspecified atom stereocenters. The molecule has 1 heterocycles. The lowest BCUT2D eigenvalue weighted by atomic mass is 9.69. The van der Waals surface area contributed by atoms with Gasteiger partial charge in [-0.1, -0.05) is 0 Å². The van der Waals surface area contributed by atoms with Crippen LogP contribution < -0.4 is 5.73 Å². The molecule has 58 valence electrons. The van der Waals surface area contributed by atoms with E-state index in [4.69, 9.17) is 5.73 Å². The fraction of sp³-hybridized carbons (Fsp3) is 1.00. The summed E-state index contributed by atoms with van der Waals surface area (Å²) in [6.07, 6.45) is 5.33. The van der Waals surface area contributed by atoms with Crippen LogP contribution in [0.15, 0.2) is 0 Å². The molecule has 0 aromatic heterocycles. The van der Waals surface area contributed by atoms with Crippen molar-refractivity contribution in [2.24, 2.45) is 11.7 Å². The van der Waals surface area contributed by atoms with Gasteiger partial charge in [-0.05, 0) is 43.1 Å². The first-order chi connectivity index (χ1) is 4.81. The normalized spacial score (nSPS) is 37.5. The third-order valence-corrected chi connectivity index (χ3v) is 4.19. The van der Waals surface area contributed by atoms with Crippen LogP contribution in [0.25, 0.3) is 0 Å². The summed E-state index contributed by atoms with van der Waals surface area (Å²) in [6, 6.07) is 0. The first-order valence-corrected chi connectivity index (χ1v) is 5.33. The van der Waals surface area contributed by atoms with E-state index in [2.05, 4.69) is 11.8 Å². The number of nitrogens with two attached hydrogens (primary N) is 1. The second-order valence-corrected chi connectivity index (χ2v) is 4.80. The molecule has 2 aliphatic rings. The van der Waals surface area contributed by atoms with Gasteiger partial charge in [-0.15, -0.1) is 0 Å². The molecular weight excluding hydrogens is 142 g/mol. The molecule has 0 spiro atoms. The summed E-state index contributed by atoms with van der Waals surface area (Å²) in [5.41, 5.74) is 6.48. The number of thioether (sulfide) groups is 1. The van der Waals surface area contributed by atoms with Crippen molar-refractivity contribution >= 4 is 11.8 Å². The zero-order chi connectivity index (χ0) is 7.03. The first kappa shape index (κ1) is 6.99. The minimum absolute atomic E-state index is 0.281. The predicted octanol–water partition coefficient (Wildman–Crippen LogP) is 1.62. The molecule has 1 nitrogen and oxygen atoms in total. The minimum atomic E-state index is 0.281. The Morgan fingerprint density at radius 1 is 1.40 bits per heavy atom. The average molecular weight is 157 g/mol. The van der Waals surface area contributed by atoms with Crippen LogP contribution in [0.4, 0.5) is 0 Å². The third kappa shape index (κ3) is 0.978. The highest BCUT2D eigenvalue weighted by Crippen LogP contribution is 2.42. The topological polar surface area (TPSA) is 26.0 Å². The number of hydrogen-bond donors (Lipinski definition) is 1. The standard InChI is InChI=1S/C8H15NS/c9-8(3-1-4-8)7-2-5-10-6-7/h7H,1-6,9H2. The van der Waals surface area contributed by atoms with Gasteiger partial charge in [-0.3, -0.25) is 0 Å². The van der Waals surface area contributed by atoms with Gasteiger partial charge in [-0.2, -0.15) is 11.8 Å². The maximum atomic E-state index is 6.19. The lowest BCUT2D eigenvalue weighted by Gasteiger charge is -2.43. The summed E-state index contributed by atoms with van der Waals surface area (Å²) >= 11 is 2.08. The van der Waals surface area contributed by atoms with Gasteiger partial charge in [0.2, 0.25) is 0 Å². The highest BCUT2D eigenvalue weighted by molar-refractivity contribution is 7.99. The summed E-state index contributed by atoms with van der Waals surface area (Å²) in [5, 5.41) is 0. The number of hydrogen-bond acceptors (Lipinski definition) is 2. The van der Waals surface area contributed by atoms with Crippen molar-refractivity contribution in [2.75, 3.05) is 11.5 Å². The van der Waals surface area contributed by atoms with Crippen molar-refractivity contribution in [3.05, 3.63) is 0 Å². The Kier molecular flexibility index (Phi) is 1.69. The molecule has 2 heteroatoms. The maximum absolute atomic E-state index is 6.19. The van der Waals surface area contributed by atoms with Crippen molar-refractivity contribution in [3.8, 4) is 0 Å². The molecule has 10 heavy (non-hydrogen) atoms. The van der Waals surface area contributed by atoms with Crippen LogP contribution >= 0.6 is 11.8 Å². The summed E-state index contributed by atoms with van der Waals surface area (Å²) in [7, 11) is 0. The van der Waals surface area contributed by atoms with Gasteiger partial charge in [0.15, 0.2) is 0 Å². The van der Waals surface area contributed by atoms with Gasteiger partial charge in [0.05, 0.1) is 0 Å². The average Bonchev–Trinajstić information content (AvgIpc) is 2.33. The monoisotopic (exact) mass is 157 g/mol. The lowest BCUT2D eigenvalue weighted by molar-refractivity contribution is 0.169. The van der Waals surface area contributed by atoms with Gasteiger partial charge in [0, 0.05) is 5.54 Å². The second kappa shape index (κ2) is 2.42.